The zero-order chi connectivity index (χ0) is 15.6. The van der Waals surface area contributed by atoms with E-state index in [2.05, 4.69) is 60.7 Å². The topological polar surface area (TPSA) is 17.1 Å². The molecule has 110 valence electrons. The number of allylic oxidation sites excluding steroid dienone is 1. The summed E-state index contributed by atoms with van der Waals surface area (Å²) >= 11 is 0. The summed E-state index contributed by atoms with van der Waals surface area (Å²) in [7, 11) is 0. The molecule has 1 aliphatic carbocycles. The highest BCUT2D eigenvalue weighted by molar-refractivity contribution is 5.95. The molecule has 1 heteroatoms. The largest absolute Gasteiger partial charge is 0.298 e. The molecule has 0 aliphatic heterocycles. The Bertz CT molecular complexity index is 891. The summed E-state index contributed by atoms with van der Waals surface area (Å²) in [5, 5.41) is 0. The van der Waals surface area contributed by atoms with Crippen molar-refractivity contribution < 1.29 is 4.79 Å². The summed E-state index contributed by atoms with van der Waals surface area (Å²) in [6, 6.07) is 26.7. The second kappa shape index (κ2) is 5.69. The lowest BCUT2D eigenvalue weighted by molar-refractivity contribution is 0.112. The first kappa shape index (κ1) is 13.7. The summed E-state index contributed by atoms with van der Waals surface area (Å²) in [5.74, 6) is 0.106. The second-order valence-corrected chi connectivity index (χ2v) is 5.77. The van der Waals surface area contributed by atoms with Crippen molar-refractivity contribution >= 4 is 17.9 Å². The van der Waals surface area contributed by atoms with Gasteiger partial charge in [0.05, 0.1) is 0 Å². The van der Waals surface area contributed by atoms with E-state index >= 15 is 0 Å². The van der Waals surface area contributed by atoms with Crippen molar-refractivity contribution in [1.82, 2.24) is 0 Å². The Labute approximate surface area is 135 Å². The van der Waals surface area contributed by atoms with E-state index in [4.69, 9.17) is 0 Å². The molecule has 3 aromatic rings. The molecule has 4 rings (SSSR count). The Kier molecular flexibility index (Phi) is 3.39. The number of fused-ring (bicyclic) bond motifs is 1. The van der Waals surface area contributed by atoms with Gasteiger partial charge in [0.2, 0.25) is 0 Å². The first-order valence-corrected chi connectivity index (χ1v) is 7.78. The van der Waals surface area contributed by atoms with E-state index in [1.165, 1.54) is 22.3 Å². The van der Waals surface area contributed by atoms with Crippen molar-refractivity contribution in [3.63, 3.8) is 0 Å². The predicted molar refractivity (Wildman–Crippen MR) is 94.4 cm³/mol. The van der Waals surface area contributed by atoms with Crippen molar-refractivity contribution in [2.75, 3.05) is 0 Å². The third-order valence-corrected chi connectivity index (χ3v) is 4.47. The smallest absolute Gasteiger partial charge is 0.150 e. The third-order valence-electron chi connectivity index (χ3n) is 4.47. The molecule has 1 atom stereocenters. The Morgan fingerprint density at radius 3 is 2.13 bits per heavy atom. The minimum Gasteiger partial charge on any atom is -0.298 e. The van der Waals surface area contributed by atoms with Crippen molar-refractivity contribution in [2.45, 2.75) is 5.92 Å². The highest BCUT2D eigenvalue weighted by atomic mass is 16.1. The molecule has 0 fully saturated rings. The fourth-order valence-electron chi connectivity index (χ4n) is 3.42. The standard InChI is InChI=1S/C22H16O/c23-15-18-11-5-7-13-20(18)22-19-12-6-4-10-17(19)14-21(22)16-8-2-1-3-9-16/h1-15,22H. The molecule has 0 bridgehead atoms. The van der Waals surface area contributed by atoms with Crippen LogP contribution in [0.4, 0.5) is 0 Å². The van der Waals surface area contributed by atoms with Gasteiger partial charge >= 0.3 is 0 Å². The SMILES string of the molecule is O=Cc1ccccc1C1C(c2ccccc2)=Cc2ccccc21. The van der Waals surface area contributed by atoms with E-state index < -0.39 is 0 Å². The zero-order valence-corrected chi connectivity index (χ0v) is 12.6. The van der Waals surface area contributed by atoms with Crippen molar-refractivity contribution in [2.24, 2.45) is 0 Å². The molecule has 1 aliphatic rings. The van der Waals surface area contributed by atoms with Crippen LogP contribution < -0.4 is 0 Å². The first-order chi connectivity index (χ1) is 11.4. The lowest BCUT2D eigenvalue weighted by Crippen LogP contribution is -2.04. The van der Waals surface area contributed by atoms with Gasteiger partial charge in [0.25, 0.3) is 0 Å². The molecule has 3 aromatic carbocycles. The monoisotopic (exact) mass is 296 g/mol. The summed E-state index contributed by atoms with van der Waals surface area (Å²) in [4.78, 5) is 11.5. The molecule has 0 radical (unpaired) electrons. The van der Waals surface area contributed by atoms with E-state index in [0.717, 1.165) is 17.4 Å². The van der Waals surface area contributed by atoms with Gasteiger partial charge in [-0.2, -0.15) is 0 Å². The first-order valence-electron chi connectivity index (χ1n) is 7.78. The quantitative estimate of drug-likeness (QED) is 0.608. The van der Waals surface area contributed by atoms with Crippen LogP contribution in [0, 0.1) is 0 Å². The fourth-order valence-corrected chi connectivity index (χ4v) is 3.42. The average molecular weight is 296 g/mol. The van der Waals surface area contributed by atoms with Gasteiger partial charge in [0.15, 0.2) is 0 Å². The number of rotatable bonds is 3. The van der Waals surface area contributed by atoms with Crippen molar-refractivity contribution in [1.29, 1.82) is 0 Å². The summed E-state index contributed by atoms with van der Waals surface area (Å²) in [6.45, 7) is 0. The van der Waals surface area contributed by atoms with Gasteiger partial charge < -0.3 is 0 Å². The molecule has 1 nitrogen and oxygen atoms in total. The normalized spacial score (nSPS) is 15.8. The molecule has 0 amide bonds. The van der Waals surface area contributed by atoms with Gasteiger partial charge in [-0.05, 0) is 33.9 Å². The summed E-state index contributed by atoms with van der Waals surface area (Å²) < 4.78 is 0. The molecule has 0 saturated carbocycles. The minimum atomic E-state index is 0.106. The molecular formula is C22H16O. The van der Waals surface area contributed by atoms with Gasteiger partial charge in [0, 0.05) is 11.5 Å². The summed E-state index contributed by atoms with van der Waals surface area (Å²) in [6.07, 6.45) is 3.20. The predicted octanol–water partition coefficient (Wildman–Crippen LogP) is 5.19. The van der Waals surface area contributed by atoms with E-state index in [0.29, 0.717) is 0 Å². The van der Waals surface area contributed by atoms with Crippen LogP contribution in [0.3, 0.4) is 0 Å². The van der Waals surface area contributed by atoms with Gasteiger partial charge in [-0.15, -0.1) is 0 Å². The van der Waals surface area contributed by atoms with E-state index in [1.54, 1.807) is 0 Å². The van der Waals surface area contributed by atoms with Crippen LogP contribution in [0.15, 0.2) is 78.9 Å². The highest BCUT2D eigenvalue weighted by Gasteiger charge is 2.28. The van der Waals surface area contributed by atoms with Crippen LogP contribution >= 0.6 is 0 Å². The number of carbonyl (C=O) groups excluding carboxylic acids is 1. The number of aldehydes is 1. The third kappa shape index (κ3) is 2.31. The van der Waals surface area contributed by atoms with E-state index in [9.17, 15) is 4.79 Å². The lowest BCUT2D eigenvalue weighted by atomic mass is 9.83. The van der Waals surface area contributed by atoms with Crippen LogP contribution in [0.2, 0.25) is 0 Å². The van der Waals surface area contributed by atoms with Crippen LogP contribution in [0.5, 0.6) is 0 Å². The van der Waals surface area contributed by atoms with E-state index in [1.807, 2.05) is 24.3 Å². The molecule has 1 unspecified atom stereocenters. The van der Waals surface area contributed by atoms with Gasteiger partial charge in [-0.25, -0.2) is 0 Å². The van der Waals surface area contributed by atoms with Gasteiger partial charge in [0.1, 0.15) is 6.29 Å². The maximum Gasteiger partial charge on any atom is 0.150 e. The average Bonchev–Trinajstić information content (AvgIpc) is 3.02. The van der Waals surface area contributed by atoms with Crippen molar-refractivity contribution in [3.8, 4) is 0 Å². The van der Waals surface area contributed by atoms with Crippen LogP contribution in [0.1, 0.15) is 38.5 Å². The maximum atomic E-state index is 11.5. The van der Waals surface area contributed by atoms with Crippen LogP contribution in [-0.4, -0.2) is 6.29 Å². The molecule has 0 heterocycles. The Balaban J connectivity index is 1.94. The Hall–Kier alpha value is -2.93. The van der Waals surface area contributed by atoms with Gasteiger partial charge in [-0.1, -0.05) is 78.9 Å². The molecular weight excluding hydrogens is 280 g/mol. The maximum absolute atomic E-state index is 11.5. The summed E-state index contributed by atoms with van der Waals surface area (Å²) in [5.41, 5.74) is 6.78. The number of carbonyl (C=O) groups is 1. The fraction of sp³-hybridized carbons (Fsp3) is 0.0455. The Morgan fingerprint density at radius 1 is 0.696 bits per heavy atom. The van der Waals surface area contributed by atoms with E-state index in [-0.39, 0.29) is 5.92 Å². The number of benzene rings is 3. The zero-order valence-electron chi connectivity index (χ0n) is 12.6. The molecule has 0 aromatic heterocycles. The number of hydrogen-bond donors (Lipinski definition) is 0. The van der Waals surface area contributed by atoms with Crippen LogP contribution in [-0.2, 0) is 0 Å². The van der Waals surface area contributed by atoms with Crippen LogP contribution in [0.25, 0.3) is 11.6 Å². The van der Waals surface area contributed by atoms with Gasteiger partial charge in [-0.3, -0.25) is 4.79 Å². The molecule has 0 spiro atoms. The molecule has 0 N–H and O–H groups in total. The Morgan fingerprint density at radius 2 is 1.35 bits per heavy atom. The number of hydrogen-bond acceptors (Lipinski definition) is 1. The minimum absolute atomic E-state index is 0.106. The molecule has 23 heavy (non-hydrogen) atoms. The van der Waals surface area contributed by atoms with Crippen molar-refractivity contribution in [3.05, 3.63) is 107 Å². The molecule has 0 saturated heterocycles. The second-order valence-electron chi connectivity index (χ2n) is 5.77. The highest BCUT2D eigenvalue weighted by Crippen LogP contribution is 2.46. The lowest BCUT2D eigenvalue weighted by Gasteiger charge is -2.19.